The van der Waals surface area contributed by atoms with Gasteiger partial charge in [0.05, 0.1) is 27.6 Å². The Morgan fingerprint density at radius 3 is 1.52 bits per heavy atom. The maximum absolute atomic E-state index is 7.35. The third-order valence-corrected chi connectivity index (χ3v) is 16.4. The van der Waals surface area contributed by atoms with E-state index in [0.717, 1.165) is 83.2 Å². The van der Waals surface area contributed by atoms with Crippen LogP contribution in [0.25, 0.3) is 65.7 Å². The quantitative estimate of drug-likeness (QED) is 0.172. The first kappa shape index (κ1) is 40.3. The first-order valence-corrected chi connectivity index (χ1v) is 25.2. The second-order valence-electron chi connectivity index (χ2n) is 19.8. The Balaban J connectivity index is 1.02. The van der Waals surface area contributed by atoms with Crippen LogP contribution in [0.1, 0.15) is 44.5 Å². The molecule has 0 N–H and O–H groups in total. The van der Waals surface area contributed by atoms with E-state index in [2.05, 4.69) is 266 Å². The van der Waals surface area contributed by atoms with E-state index in [0.29, 0.717) is 0 Å². The average molecular weight is 930 g/mol. The van der Waals surface area contributed by atoms with Crippen LogP contribution in [0.3, 0.4) is 0 Å². The fraction of sp³-hybridized carbons (Fsp3) is 0.0286. The maximum atomic E-state index is 7.35. The van der Waals surface area contributed by atoms with Gasteiger partial charge in [0.25, 0.3) is 0 Å². The van der Waals surface area contributed by atoms with E-state index in [9.17, 15) is 0 Å². The summed E-state index contributed by atoms with van der Waals surface area (Å²) in [6.45, 7) is 0. The molecule has 16 rings (SSSR count). The summed E-state index contributed by atoms with van der Waals surface area (Å²) in [4.78, 5) is 2.52. The van der Waals surface area contributed by atoms with E-state index in [1.54, 1.807) is 0 Å². The summed E-state index contributed by atoms with van der Waals surface area (Å²) in [6, 6.07) is 95.9. The maximum Gasteiger partial charge on any atom is 0.140 e. The van der Waals surface area contributed by atoms with E-state index < -0.39 is 10.8 Å². The zero-order valence-electron chi connectivity index (χ0n) is 39.6. The van der Waals surface area contributed by atoms with Gasteiger partial charge in [-0.25, -0.2) is 0 Å². The van der Waals surface area contributed by atoms with Crippen molar-refractivity contribution >= 4 is 60.5 Å². The normalized spacial score (nSPS) is 14.1. The Morgan fingerprint density at radius 2 is 0.822 bits per heavy atom. The summed E-state index contributed by atoms with van der Waals surface area (Å²) in [5.41, 5.74) is 18.2. The van der Waals surface area contributed by atoms with Crippen molar-refractivity contribution in [2.75, 3.05) is 4.90 Å². The van der Waals surface area contributed by atoms with Crippen LogP contribution in [0.15, 0.2) is 265 Å². The van der Waals surface area contributed by atoms with Gasteiger partial charge in [-0.05, 0) is 97.2 Å². The van der Waals surface area contributed by atoms with Crippen molar-refractivity contribution in [3.8, 4) is 33.8 Å². The van der Waals surface area contributed by atoms with Crippen LogP contribution >= 0.6 is 0 Å². The molecule has 1 spiro atoms. The highest BCUT2D eigenvalue weighted by Crippen LogP contribution is 2.66. The molecule has 2 aliphatic carbocycles. The molecule has 0 amide bonds. The predicted octanol–water partition coefficient (Wildman–Crippen LogP) is 18.2. The molecule has 0 unspecified atom stereocenters. The Labute approximate surface area is 422 Å². The lowest BCUT2D eigenvalue weighted by Gasteiger charge is -2.40. The molecule has 340 valence electrons. The molecule has 1 aliphatic heterocycles. The monoisotopic (exact) mass is 929 g/mol. The molecule has 0 atom stereocenters. The van der Waals surface area contributed by atoms with E-state index in [1.165, 1.54) is 55.6 Å². The molecule has 2 heterocycles. The van der Waals surface area contributed by atoms with Gasteiger partial charge >= 0.3 is 0 Å². The van der Waals surface area contributed by atoms with E-state index in [4.69, 9.17) is 9.15 Å². The molecular weight excluding hydrogens is 887 g/mol. The highest BCUT2D eigenvalue weighted by Gasteiger charge is 2.53. The zero-order valence-corrected chi connectivity index (χ0v) is 39.6. The number of para-hydroxylation sites is 1. The van der Waals surface area contributed by atoms with Crippen LogP contribution in [-0.2, 0) is 10.8 Å². The second kappa shape index (κ2) is 15.0. The van der Waals surface area contributed by atoms with Crippen molar-refractivity contribution in [1.82, 2.24) is 0 Å². The lowest BCUT2D eigenvalue weighted by Crippen LogP contribution is -2.32. The van der Waals surface area contributed by atoms with Crippen LogP contribution in [0.5, 0.6) is 11.5 Å². The zero-order chi connectivity index (χ0) is 47.8. The Kier molecular flexibility index (Phi) is 8.30. The molecule has 1 aromatic heterocycles. The largest absolute Gasteiger partial charge is 0.456 e. The molecular formula is C70H43NO2. The van der Waals surface area contributed by atoms with Crippen molar-refractivity contribution in [3.05, 3.63) is 305 Å². The summed E-state index contributed by atoms with van der Waals surface area (Å²) >= 11 is 0. The molecule has 13 aromatic rings. The molecule has 0 saturated carbocycles. The molecule has 0 bridgehead atoms. The third-order valence-electron chi connectivity index (χ3n) is 16.4. The van der Waals surface area contributed by atoms with Crippen molar-refractivity contribution in [3.63, 3.8) is 0 Å². The molecule has 73 heavy (non-hydrogen) atoms. The Bertz CT molecular complexity index is 4310. The first-order chi connectivity index (χ1) is 36.2. The highest BCUT2D eigenvalue weighted by atomic mass is 16.5. The minimum Gasteiger partial charge on any atom is -0.456 e. The van der Waals surface area contributed by atoms with Crippen LogP contribution in [0.4, 0.5) is 17.1 Å². The summed E-state index contributed by atoms with van der Waals surface area (Å²) in [7, 11) is 0. The van der Waals surface area contributed by atoms with Gasteiger partial charge in [-0.3, -0.25) is 0 Å². The summed E-state index contributed by atoms with van der Waals surface area (Å²) in [5, 5.41) is 6.64. The summed E-state index contributed by atoms with van der Waals surface area (Å²) < 4.78 is 14.1. The summed E-state index contributed by atoms with van der Waals surface area (Å²) in [5.74, 6) is 1.80. The van der Waals surface area contributed by atoms with Crippen LogP contribution < -0.4 is 9.64 Å². The standard InChI is InChI=1S/C70H43NO2/c1-3-21-46(22-4-1)69(47-23-5-2-6-24-47)55-30-14-11-27-51(55)54-43-48(39-42-57(54)69)71(62-34-18-36-64-66(62)53-29-13-16-35-63(53)72-64)61-33-17-32-58-65(61)52-28-12-15-31-56(52)70(58)59-40-37-44-19-7-9-25-49(44)67(59)73-68-50-26-10-8-20-45(50)38-41-60(68)70/h1-43H. The Hall–Kier alpha value is -9.44. The Morgan fingerprint density at radius 1 is 0.315 bits per heavy atom. The van der Waals surface area contributed by atoms with Gasteiger partial charge < -0.3 is 14.1 Å². The molecule has 0 radical (unpaired) electrons. The van der Waals surface area contributed by atoms with Crippen LogP contribution in [0, 0.1) is 0 Å². The van der Waals surface area contributed by atoms with Crippen molar-refractivity contribution in [2.24, 2.45) is 0 Å². The van der Waals surface area contributed by atoms with Gasteiger partial charge in [0, 0.05) is 38.5 Å². The van der Waals surface area contributed by atoms with Gasteiger partial charge in [-0.15, -0.1) is 0 Å². The van der Waals surface area contributed by atoms with Crippen LogP contribution in [0.2, 0.25) is 0 Å². The number of nitrogens with zero attached hydrogens (tertiary/aromatic N) is 1. The number of furan rings is 1. The smallest absolute Gasteiger partial charge is 0.140 e. The molecule has 12 aromatic carbocycles. The number of fused-ring (bicyclic) bond motifs is 19. The van der Waals surface area contributed by atoms with Gasteiger partial charge in [-0.1, -0.05) is 224 Å². The second-order valence-corrected chi connectivity index (χ2v) is 19.8. The summed E-state index contributed by atoms with van der Waals surface area (Å²) in [6.07, 6.45) is 0. The molecule has 0 saturated heterocycles. The molecule has 3 nitrogen and oxygen atoms in total. The number of hydrogen-bond acceptors (Lipinski definition) is 3. The van der Waals surface area contributed by atoms with Gasteiger partial charge in [0.15, 0.2) is 0 Å². The molecule has 3 aliphatic rings. The molecule has 3 heteroatoms. The van der Waals surface area contributed by atoms with Crippen molar-refractivity contribution < 1.29 is 9.15 Å². The van der Waals surface area contributed by atoms with Crippen LogP contribution in [-0.4, -0.2) is 0 Å². The highest BCUT2D eigenvalue weighted by molar-refractivity contribution is 6.15. The number of hydrogen-bond donors (Lipinski definition) is 0. The first-order valence-electron chi connectivity index (χ1n) is 25.2. The van der Waals surface area contributed by atoms with E-state index >= 15 is 0 Å². The predicted molar refractivity (Wildman–Crippen MR) is 298 cm³/mol. The van der Waals surface area contributed by atoms with Crippen molar-refractivity contribution in [1.29, 1.82) is 0 Å². The number of rotatable bonds is 5. The SMILES string of the molecule is c1ccc(C2(c3ccccc3)c3ccccc3-c3cc(N(c4cccc5c4-c4ccccc4C54c5ccc6ccccc6c5Oc5c4ccc4ccccc54)c4cccc5oc6ccccc6c45)ccc32)cc1. The minimum absolute atomic E-state index is 0.532. The van der Waals surface area contributed by atoms with Gasteiger partial charge in [0.1, 0.15) is 22.7 Å². The van der Waals surface area contributed by atoms with Crippen molar-refractivity contribution in [2.45, 2.75) is 10.8 Å². The lowest BCUT2D eigenvalue weighted by atomic mass is 9.65. The molecule has 0 fully saturated rings. The van der Waals surface area contributed by atoms with E-state index in [-0.39, 0.29) is 0 Å². The number of anilines is 3. The van der Waals surface area contributed by atoms with E-state index in [1.807, 2.05) is 0 Å². The third kappa shape index (κ3) is 5.27. The minimum atomic E-state index is -0.721. The fourth-order valence-corrected chi connectivity index (χ4v) is 13.5. The van der Waals surface area contributed by atoms with Gasteiger partial charge in [0.2, 0.25) is 0 Å². The fourth-order valence-electron chi connectivity index (χ4n) is 13.5. The number of ether oxygens (including phenoxy) is 1. The average Bonchev–Trinajstić information content (AvgIpc) is 4.10. The van der Waals surface area contributed by atoms with Gasteiger partial charge in [-0.2, -0.15) is 0 Å². The number of benzene rings is 12. The lowest BCUT2D eigenvalue weighted by molar-refractivity contribution is 0.447. The topological polar surface area (TPSA) is 25.6 Å².